The third-order valence-corrected chi connectivity index (χ3v) is 4.79. The van der Waals surface area contributed by atoms with Gasteiger partial charge in [-0.3, -0.25) is 9.59 Å². The highest BCUT2D eigenvalue weighted by molar-refractivity contribution is 7.22. The van der Waals surface area contributed by atoms with Crippen LogP contribution in [0.4, 0.5) is 5.13 Å². The molecule has 0 saturated heterocycles. The van der Waals surface area contributed by atoms with Crippen molar-refractivity contribution in [1.29, 1.82) is 5.26 Å². The maximum Gasteiger partial charge on any atom is 0.269 e. The molecule has 8 heteroatoms. The van der Waals surface area contributed by atoms with Crippen LogP contribution in [0.2, 0.25) is 0 Å². The average molecular weight is 368 g/mol. The first-order valence-electron chi connectivity index (χ1n) is 7.81. The Morgan fingerprint density at radius 2 is 2.19 bits per heavy atom. The molecule has 2 aromatic heterocycles. The summed E-state index contributed by atoms with van der Waals surface area (Å²) in [6, 6.07) is 11.2. The van der Waals surface area contributed by atoms with Crippen molar-refractivity contribution in [2.24, 2.45) is 0 Å². The second-order valence-corrected chi connectivity index (χ2v) is 6.69. The number of benzene rings is 1. The van der Waals surface area contributed by atoms with Gasteiger partial charge in [0.2, 0.25) is 5.91 Å². The third kappa shape index (κ3) is 3.49. The molecule has 0 radical (unpaired) electrons. The summed E-state index contributed by atoms with van der Waals surface area (Å²) in [5.74, 6) is -0.377. The Hall–Kier alpha value is -3.02. The zero-order chi connectivity index (χ0) is 18.7. The van der Waals surface area contributed by atoms with Crippen molar-refractivity contribution in [2.75, 3.05) is 12.4 Å². The molecule has 132 valence electrons. The maximum atomic E-state index is 12.5. The zero-order valence-electron chi connectivity index (χ0n) is 14.3. The Kier molecular flexibility index (Phi) is 5.11. The summed E-state index contributed by atoms with van der Waals surface area (Å²) in [7, 11) is 1.49. The lowest BCUT2D eigenvalue weighted by Crippen LogP contribution is -2.31. The molecule has 0 aliphatic heterocycles. The van der Waals surface area contributed by atoms with Crippen LogP contribution < -0.4 is 10.9 Å². The second-order valence-electron chi connectivity index (χ2n) is 5.66. The van der Waals surface area contributed by atoms with Gasteiger partial charge in [-0.2, -0.15) is 5.26 Å². The number of aryl methyl sites for hydroxylation is 1. The normalized spacial score (nSPS) is 10.7. The summed E-state index contributed by atoms with van der Waals surface area (Å²) in [6.07, 6.45) is 0. The molecular formula is C18H16N4O3S. The first-order valence-corrected chi connectivity index (χ1v) is 8.63. The van der Waals surface area contributed by atoms with Crippen LogP contribution in [0.1, 0.15) is 16.8 Å². The number of anilines is 1. The molecule has 0 unspecified atom stereocenters. The highest BCUT2D eigenvalue weighted by Gasteiger charge is 2.16. The summed E-state index contributed by atoms with van der Waals surface area (Å²) >= 11 is 1.36. The lowest BCUT2D eigenvalue weighted by Gasteiger charge is -2.12. The van der Waals surface area contributed by atoms with E-state index in [1.807, 2.05) is 30.3 Å². The van der Waals surface area contributed by atoms with Gasteiger partial charge in [-0.25, -0.2) is 4.98 Å². The van der Waals surface area contributed by atoms with E-state index in [0.717, 1.165) is 10.2 Å². The molecule has 0 aliphatic rings. The quantitative estimate of drug-likeness (QED) is 0.746. The first kappa shape index (κ1) is 17.8. The highest BCUT2D eigenvalue weighted by Crippen LogP contribution is 2.25. The SMILES string of the molecule is COCc1cc(C)n(CC(=O)Nc2nc3ccccc3s2)c(=O)c1C#N. The number of nitrogens with one attached hydrogen (secondary N) is 1. The smallest absolute Gasteiger partial charge is 0.269 e. The van der Waals surface area contributed by atoms with Gasteiger partial charge in [-0.15, -0.1) is 0 Å². The van der Waals surface area contributed by atoms with Crippen molar-refractivity contribution in [3.63, 3.8) is 0 Å². The Labute approximate surface area is 153 Å². The molecule has 0 aliphatic carbocycles. The van der Waals surface area contributed by atoms with Crippen molar-refractivity contribution in [1.82, 2.24) is 9.55 Å². The van der Waals surface area contributed by atoms with Gasteiger partial charge in [0.1, 0.15) is 18.2 Å². The number of fused-ring (bicyclic) bond motifs is 1. The first-order chi connectivity index (χ1) is 12.5. The van der Waals surface area contributed by atoms with Gasteiger partial charge in [0.05, 0.1) is 16.8 Å². The second kappa shape index (κ2) is 7.47. The van der Waals surface area contributed by atoms with Crippen molar-refractivity contribution >= 4 is 32.6 Å². The minimum atomic E-state index is -0.501. The van der Waals surface area contributed by atoms with Gasteiger partial charge in [0.25, 0.3) is 5.56 Å². The number of rotatable bonds is 5. The standard InChI is InChI=1S/C18H16N4O3S/c1-11-7-12(10-25-2)13(8-19)17(24)22(11)9-16(23)21-18-20-14-5-3-4-6-15(14)26-18/h3-7H,9-10H2,1-2H3,(H,20,21,23). The molecule has 7 nitrogen and oxygen atoms in total. The van der Waals surface area contributed by atoms with E-state index in [1.165, 1.54) is 23.0 Å². The highest BCUT2D eigenvalue weighted by atomic mass is 32.1. The lowest BCUT2D eigenvalue weighted by atomic mass is 10.1. The predicted molar refractivity (Wildman–Crippen MR) is 99.1 cm³/mol. The summed E-state index contributed by atoms with van der Waals surface area (Å²) in [5.41, 5.74) is 1.39. The number of hydrogen-bond donors (Lipinski definition) is 1. The number of nitrogens with zero attached hydrogens (tertiary/aromatic N) is 3. The zero-order valence-corrected chi connectivity index (χ0v) is 15.1. The van der Waals surface area contributed by atoms with Crippen LogP contribution >= 0.6 is 11.3 Å². The largest absolute Gasteiger partial charge is 0.380 e. The molecular weight excluding hydrogens is 352 g/mol. The van der Waals surface area contributed by atoms with Crippen LogP contribution in [0, 0.1) is 18.3 Å². The lowest BCUT2D eigenvalue weighted by molar-refractivity contribution is -0.116. The number of hydrogen-bond acceptors (Lipinski definition) is 6. The van der Waals surface area contributed by atoms with Crippen LogP contribution in [0.15, 0.2) is 35.1 Å². The number of aromatic nitrogens is 2. The van der Waals surface area contributed by atoms with Gasteiger partial charge in [0.15, 0.2) is 5.13 Å². The number of ether oxygens (including phenoxy) is 1. The Bertz CT molecular complexity index is 1050. The van der Waals surface area contributed by atoms with E-state index in [0.29, 0.717) is 16.4 Å². The molecule has 2 heterocycles. The van der Waals surface area contributed by atoms with E-state index in [-0.39, 0.29) is 24.6 Å². The molecule has 1 aromatic carbocycles. The Morgan fingerprint density at radius 3 is 2.88 bits per heavy atom. The summed E-state index contributed by atoms with van der Waals surface area (Å²) < 4.78 is 7.27. The summed E-state index contributed by atoms with van der Waals surface area (Å²) in [4.78, 5) is 29.2. The van der Waals surface area contributed by atoms with Crippen LogP contribution in [0.25, 0.3) is 10.2 Å². The summed E-state index contributed by atoms with van der Waals surface area (Å²) in [5, 5.41) is 12.4. The number of carbonyl (C=O) groups excluding carboxylic acids is 1. The molecule has 0 spiro atoms. The van der Waals surface area contributed by atoms with Crippen molar-refractivity contribution in [2.45, 2.75) is 20.1 Å². The van der Waals surface area contributed by atoms with Gasteiger partial charge in [-0.05, 0) is 25.1 Å². The fourth-order valence-corrected chi connectivity index (χ4v) is 3.53. The molecule has 0 atom stereocenters. The summed E-state index contributed by atoms with van der Waals surface area (Å²) in [6.45, 7) is 1.69. The van der Waals surface area contributed by atoms with E-state index < -0.39 is 5.56 Å². The van der Waals surface area contributed by atoms with E-state index in [1.54, 1.807) is 13.0 Å². The molecule has 1 N–H and O–H groups in total. The van der Waals surface area contributed by atoms with Gasteiger partial charge < -0.3 is 14.6 Å². The van der Waals surface area contributed by atoms with Crippen LogP contribution in [0.3, 0.4) is 0 Å². The number of carbonyl (C=O) groups is 1. The third-order valence-electron chi connectivity index (χ3n) is 3.84. The Morgan fingerprint density at radius 1 is 1.42 bits per heavy atom. The average Bonchev–Trinajstić information content (AvgIpc) is 3.01. The number of nitriles is 1. The van der Waals surface area contributed by atoms with E-state index in [9.17, 15) is 14.9 Å². The number of methoxy groups -OCH3 is 1. The van der Waals surface area contributed by atoms with Crippen LogP contribution in [-0.4, -0.2) is 22.6 Å². The predicted octanol–water partition coefficient (Wildman–Crippen LogP) is 2.42. The maximum absolute atomic E-state index is 12.5. The monoisotopic (exact) mass is 368 g/mol. The van der Waals surface area contributed by atoms with Crippen molar-refractivity contribution in [3.8, 4) is 6.07 Å². The molecule has 3 rings (SSSR count). The molecule has 0 saturated carbocycles. The van der Waals surface area contributed by atoms with Crippen LogP contribution in [-0.2, 0) is 22.7 Å². The van der Waals surface area contributed by atoms with Gasteiger partial charge in [0, 0.05) is 18.4 Å². The van der Waals surface area contributed by atoms with Gasteiger partial charge >= 0.3 is 0 Å². The molecule has 0 fully saturated rings. The van der Waals surface area contributed by atoms with Gasteiger partial charge in [-0.1, -0.05) is 23.5 Å². The molecule has 1 amide bonds. The van der Waals surface area contributed by atoms with E-state index in [4.69, 9.17) is 4.74 Å². The molecule has 26 heavy (non-hydrogen) atoms. The number of amides is 1. The fourth-order valence-electron chi connectivity index (χ4n) is 2.65. The fraction of sp³-hybridized carbons (Fsp3) is 0.222. The number of thiazole rings is 1. The topological polar surface area (TPSA) is 97.0 Å². The molecule has 3 aromatic rings. The minimum Gasteiger partial charge on any atom is -0.380 e. The number of pyridine rings is 1. The minimum absolute atomic E-state index is 0.00904. The van der Waals surface area contributed by atoms with Crippen LogP contribution in [0.5, 0.6) is 0 Å². The van der Waals surface area contributed by atoms with Crippen molar-refractivity contribution in [3.05, 3.63) is 57.5 Å². The van der Waals surface area contributed by atoms with E-state index in [2.05, 4.69) is 10.3 Å². The van der Waals surface area contributed by atoms with E-state index >= 15 is 0 Å². The van der Waals surface area contributed by atoms with Crippen molar-refractivity contribution < 1.29 is 9.53 Å². The molecule has 0 bridgehead atoms. The Balaban J connectivity index is 1.85. The number of para-hydroxylation sites is 1.